The predicted molar refractivity (Wildman–Crippen MR) is 152 cm³/mol. The van der Waals surface area contributed by atoms with Crippen LogP contribution in [0.2, 0.25) is 10.0 Å². The third-order valence-corrected chi connectivity index (χ3v) is 9.38. The van der Waals surface area contributed by atoms with E-state index < -0.39 is 27.8 Å². The minimum Gasteiger partial charge on any atom is -0.480 e. The Bertz CT molecular complexity index is 1780. The van der Waals surface area contributed by atoms with Crippen LogP contribution in [0.25, 0.3) is 0 Å². The molecule has 2 N–H and O–H groups in total. The second kappa shape index (κ2) is 10.6. The Morgan fingerprint density at radius 1 is 1.14 bits per heavy atom. The molecule has 0 radical (unpaired) electrons. The van der Waals surface area contributed by atoms with Crippen molar-refractivity contribution >= 4 is 50.8 Å². The summed E-state index contributed by atoms with van der Waals surface area (Å²) in [4.78, 5) is 40.2. The van der Waals surface area contributed by atoms with Crippen molar-refractivity contribution in [3.63, 3.8) is 0 Å². The normalized spacial score (nSPS) is 19.2. The molecule has 3 unspecified atom stereocenters. The summed E-state index contributed by atoms with van der Waals surface area (Å²) >= 11 is 13.1. The van der Waals surface area contributed by atoms with Crippen LogP contribution in [0.3, 0.4) is 0 Å². The number of rotatable bonds is 7. The third kappa shape index (κ3) is 5.33. The van der Waals surface area contributed by atoms with Crippen LogP contribution in [-0.4, -0.2) is 61.3 Å². The smallest absolute Gasteiger partial charge is 0.326 e. The van der Waals surface area contributed by atoms with Gasteiger partial charge in [-0.2, -0.15) is 0 Å². The maximum atomic E-state index is 13.3. The molecule has 3 aromatic rings. The first-order chi connectivity index (χ1) is 19.9. The average molecular weight is 631 g/mol. The lowest BCUT2D eigenvalue weighted by atomic mass is 9.95. The molecule has 0 aromatic heterocycles. The molecule has 3 aromatic carbocycles. The molecule has 1 fully saturated rings. The molecule has 3 heterocycles. The van der Waals surface area contributed by atoms with Gasteiger partial charge in [0.05, 0.1) is 20.5 Å². The molecule has 3 aliphatic heterocycles. The molecule has 0 spiro atoms. The van der Waals surface area contributed by atoms with E-state index in [9.17, 15) is 27.9 Å². The fraction of sp³-hybridized carbons (Fsp3) is 0.276. The Kier molecular flexibility index (Phi) is 7.17. The zero-order chi connectivity index (χ0) is 29.9. The van der Waals surface area contributed by atoms with Gasteiger partial charge in [-0.1, -0.05) is 41.4 Å². The minimum absolute atomic E-state index is 0.0129. The summed E-state index contributed by atoms with van der Waals surface area (Å²) in [6.45, 7) is 0.561. The van der Waals surface area contributed by atoms with E-state index in [2.05, 4.69) is 5.32 Å². The lowest BCUT2D eigenvalue weighted by molar-refractivity contribution is -0.139. The maximum absolute atomic E-state index is 13.3. The van der Waals surface area contributed by atoms with Gasteiger partial charge in [0, 0.05) is 36.9 Å². The van der Waals surface area contributed by atoms with Gasteiger partial charge in [0.1, 0.15) is 11.8 Å². The third-order valence-electron chi connectivity index (χ3n) is 7.55. The molecule has 0 saturated carbocycles. The molecule has 218 valence electrons. The predicted octanol–water partition coefficient (Wildman–Crippen LogP) is 3.81. The summed E-state index contributed by atoms with van der Waals surface area (Å²) in [5.41, 5.74) is 3.09. The van der Waals surface area contributed by atoms with Crippen molar-refractivity contribution in [1.82, 2.24) is 10.2 Å². The van der Waals surface area contributed by atoms with Gasteiger partial charge in [0.15, 0.2) is 15.9 Å². The van der Waals surface area contributed by atoms with Crippen LogP contribution in [0.15, 0.2) is 53.4 Å². The number of hydrogen-bond acceptors (Lipinski definition) is 7. The van der Waals surface area contributed by atoms with Gasteiger partial charge in [0.2, 0.25) is 6.29 Å². The first kappa shape index (κ1) is 28.5. The zero-order valence-corrected chi connectivity index (χ0v) is 24.4. The number of carbonyl (C=O) groups excluding carboxylic acids is 2. The first-order valence-corrected chi connectivity index (χ1v) is 15.6. The number of carbonyl (C=O) groups is 3. The lowest BCUT2D eigenvalue weighted by Gasteiger charge is -2.30. The summed E-state index contributed by atoms with van der Waals surface area (Å²) in [5, 5.41) is 12.3. The number of aliphatic carboxylic acids is 1. The van der Waals surface area contributed by atoms with Crippen molar-refractivity contribution in [2.24, 2.45) is 0 Å². The Hall–Kier alpha value is -3.64. The summed E-state index contributed by atoms with van der Waals surface area (Å²) in [7, 11) is -3.50. The van der Waals surface area contributed by atoms with Crippen LogP contribution in [0.5, 0.6) is 5.75 Å². The highest BCUT2D eigenvalue weighted by molar-refractivity contribution is 7.90. The van der Waals surface area contributed by atoms with E-state index in [1.54, 1.807) is 29.2 Å². The van der Waals surface area contributed by atoms with E-state index in [-0.39, 0.29) is 51.8 Å². The zero-order valence-electron chi connectivity index (χ0n) is 22.1. The quantitative estimate of drug-likeness (QED) is 0.375. The largest absolute Gasteiger partial charge is 0.480 e. The topological polar surface area (TPSA) is 143 Å². The molecular weight excluding hydrogens is 607 g/mol. The van der Waals surface area contributed by atoms with Gasteiger partial charge in [-0.3, -0.25) is 9.59 Å². The van der Waals surface area contributed by atoms with Gasteiger partial charge in [-0.25, -0.2) is 13.2 Å². The van der Waals surface area contributed by atoms with Gasteiger partial charge in [-0.05, 0) is 53.4 Å². The number of amides is 2. The van der Waals surface area contributed by atoms with Crippen LogP contribution in [-0.2, 0) is 38.8 Å². The number of nitrogens with one attached hydrogen (secondary N) is 1. The van der Waals surface area contributed by atoms with Crippen LogP contribution in [0.1, 0.15) is 49.1 Å². The Morgan fingerprint density at radius 3 is 2.67 bits per heavy atom. The summed E-state index contributed by atoms with van der Waals surface area (Å²) in [6, 6.07) is 11.4. The molecule has 3 aliphatic rings. The molecule has 0 aliphatic carbocycles. The Balaban J connectivity index is 1.19. The van der Waals surface area contributed by atoms with E-state index in [0.717, 1.165) is 11.8 Å². The summed E-state index contributed by atoms with van der Waals surface area (Å²) in [6.07, 6.45) is 0.928. The van der Waals surface area contributed by atoms with Crippen molar-refractivity contribution in [1.29, 1.82) is 0 Å². The average Bonchev–Trinajstić information content (AvgIpc) is 3.61. The summed E-state index contributed by atoms with van der Waals surface area (Å²) < 4.78 is 34.8. The van der Waals surface area contributed by atoms with Gasteiger partial charge in [0.25, 0.3) is 11.8 Å². The van der Waals surface area contributed by atoms with E-state index in [1.807, 2.05) is 6.07 Å². The molecule has 10 nitrogen and oxygen atoms in total. The van der Waals surface area contributed by atoms with Gasteiger partial charge >= 0.3 is 5.97 Å². The number of nitrogens with zero attached hydrogens (tertiary/aromatic N) is 1. The van der Waals surface area contributed by atoms with E-state index >= 15 is 0 Å². The van der Waals surface area contributed by atoms with Crippen LogP contribution >= 0.6 is 23.2 Å². The second-order valence-electron chi connectivity index (χ2n) is 10.4. The van der Waals surface area contributed by atoms with Crippen molar-refractivity contribution in [2.75, 3.05) is 12.8 Å². The highest BCUT2D eigenvalue weighted by Gasteiger charge is 2.50. The van der Waals surface area contributed by atoms with E-state index in [0.29, 0.717) is 41.0 Å². The molecule has 6 rings (SSSR count). The molecule has 3 atom stereocenters. The lowest BCUT2D eigenvalue weighted by Crippen LogP contribution is -2.42. The van der Waals surface area contributed by atoms with Crippen LogP contribution < -0.4 is 10.1 Å². The fourth-order valence-electron chi connectivity index (χ4n) is 5.32. The van der Waals surface area contributed by atoms with E-state index in [4.69, 9.17) is 32.7 Å². The standard InChI is InChI=1S/C29H24Cl2N2O8S/c1-42(38,39)17-4-2-3-14(9-17)10-21(28(36)37)32-26(34)23-20(30)11-16-13-33(8-7-18(16)24(23)31)27(35)15-5-6-19-22(12-15)40-29-25(19)41-29/h2-6,9,11-12,21,25,29H,7-8,10,13H2,1H3,(H,32,34)(H,36,37). The van der Waals surface area contributed by atoms with Crippen molar-refractivity contribution < 1.29 is 37.4 Å². The molecule has 13 heteroatoms. The number of benzene rings is 3. The monoisotopic (exact) mass is 630 g/mol. The number of carboxylic acid groups (broad SMARTS) is 1. The van der Waals surface area contributed by atoms with Crippen LogP contribution in [0, 0.1) is 0 Å². The van der Waals surface area contributed by atoms with Crippen LogP contribution in [0.4, 0.5) is 0 Å². The molecule has 1 saturated heterocycles. The van der Waals surface area contributed by atoms with Gasteiger partial charge < -0.3 is 24.8 Å². The number of sulfone groups is 1. The Labute approximate surface area is 251 Å². The maximum Gasteiger partial charge on any atom is 0.326 e. The number of fused-ring (bicyclic) bond motifs is 4. The molecule has 2 amide bonds. The Morgan fingerprint density at radius 2 is 1.93 bits per heavy atom. The number of epoxide rings is 1. The molecule has 42 heavy (non-hydrogen) atoms. The SMILES string of the molecule is CS(=O)(=O)c1cccc(CC(NC(=O)c2c(Cl)cc3c(c2Cl)CCN(C(=O)c2ccc4c(c2)OC2OC42)C3)C(=O)O)c1. The van der Waals surface area contributed by atoms with E-state index in [1.165, 1.54) is 18.2 Å². The highest BCUT2D eigenvalue weighted by Crippen LogP contribution is 2.50. The highest BCUT2D eigenvalue weighted by atomic mass is 35.5. The van der Waals surface area contributed by atoms with Crippen molar-refractivity contribution in [3.05, 3.63) is 92.0 Å². The first-order valence-electron chi connectivity index (χ1n) is 13.0. The molecular formula is C29H24Cl2N2O8S. The fourth-order valence-corrected chi connectivity index (χ4v) is 6.78. The number of halogens is 2. The summed E-state index contributed by atoms with van der Waals surface area (Å²) in [5.74, 6) is -1.64. The number of hydrogen-bond donors (Lipinski definition) is 2. The molecule has 0 bridgehead atoms. The minimum atomic E-state index is -3.50. The number of carboxylic acids is 1. The van der Waals surface area contributed by atoms with Crippen molar-refractivity contribution in [3.8, 4) is 5.75 Å². The van der Waals surface area contributed by atoms with Crippen molar-refractivity contribution in [2.45, 2.75) is 42.7 Å². The van der Waals surface area contributed by atoms with Gasteiger partial charge in [-0.15, -0.1) is 0 Å². The second-order valence-corrected chi connectivity index (χ2v) is 13.2. The number of ether oxygens (including phenoxy) is 2.